The predicted octanol–water partition coefficient (Wildman–Crippen LogP) is 4.99. The fourth-order valence-corrected chi connectivity index (χ4v) is 3.45. The zero-order chi connectivity index (χ0) is 19.4. The molecule has 0 aliphatic carbocycles. The zero-order valence-corrected chi connectivity index (χ0v) is 16.6. The molecule has 0 spiro atoms. The normalized spacial score (nSPS) is 11.0. The molecule has 0 unspecified atom stereocenters. The molecule has 27 heavy (non-hydrogen) atoms. The van der Waals surface area contributed by atoms with Gasteiger partial charge in [0.2, 0.25) is 5.75 Å². The van der Waals surface area contributed by atoms with Crippen LogP contribution in [0.15, 0.2) is 45.6 Å². The second kappa shape index (κ2) is 8.48. The van der Waals surface area contributed by atoms with Crippen LogP contribution in [0.5, 0.6) is 17.2 Å². The molecule has 0 radical (unpaired) electrons. The summed E-state index contributed by atoms with van der Waals surface area (Å²) in [7, 11) is 1.36. The van der Waals surface area contributed by atoms with Crippen molar-refractivity contribution in [3.05, 3.63) is 52.2 Å². The number of aromatic hydroxyl groups is 2. The third kappa shape index (κ3) is 4.11. The van der Waals surface area contributed by atoms with E-state index in [0.717, 1.165) is 29.8 Å². The SMILES string of the molecule is COc1c(O)cc(O)c2c(=O)cc(-c3ccc(CCCCCBr)cc3)oc12. The van der Waals surface area contributed by atoms with Gasteiger partial charge in [-0.1, -0.05) is 46.6 Å². The van der Waals surface area contributed by atoms with Crippen molar-refractivity contribution in [1.29, 1.82) is 0 Å². The van der Waals surface area contributed by atoms with Crippen LogP contribution in [-0.4, -0.2) is 22.7 Å². The van der Waals surface area contributed by atoms with Gasteiger partial charge in [0.1, 0.15) is 16.9 Å². The highest BCUT2D eigenvalue weighted by Crippen LogP contribution is 2.40. The molecular formula is C21H21BrO5. The van der Waals surface area contributed by atoms with E-state index in [1.807, 2.05) is 24.3 Å². The van der Waals surface area contributed by atoms with Crippen molar-refractivity contribution in [1.82, 2.24) is 0 Å². The Balaban J connectivity index is 1.96. The summed E-state index contributed by atoms with van der Waals surface area (Å²) < 4.78 is 11.0. The van der Waals surface area contributed by atoms with E-state index in [9.17, 15) is 15.0 Å². The summed E-state index contributed by atoms with van der Waals surface area (Å²) in [6.45, 7) is 0. The molecule has 3 aromatic rings. The van der Waals surface area contributed by atoms with Crippen molar-refractivity contribution in [2.75, 3.05) is 12.4 Å². The minimum atomic E-state index is -0.402. The maximum absolute atomic E-state index is 12.5. The summed E-state index contributed by atoms with van der Waals surface area (Å²) in [4.78, 5) is 12.5. The second-order valence-electron chi connectivity index (χ2n) is 6.32. The number of aryl methyl sites for hydroxylation is 1. The molecule has 0 amide bonds. The number of phenolic OH excluding ortho intramolecular Hbond substituents is 2. The highest BCUT2D eigenvalue weighted by molar-refractivity contribution is 9.09. The van der Waals surface area contributed by atoms with Crippen LogP contribution in [0.25, 0.3) is 22.3 Å². The minimum Gasteiger partial charge on any atom is -0.507 e. The number of fused-ring (bicyclic) bond motifs is 1. The van der Waals surface area contributed by atoms with Crippen LogP contribution >= 0.6 is 15.9 Å². The fraction of sp³-hybridized carbons (Fsp3) is 0.286. The molecule has 1 heterocycles. The number of rotatable bonds is 7. The molecule has 0 saturated carbocycles. The predicted molar refractivity (Wildman–Crippen MR) is 109 cm³/mol. The van der Waals surface area contributed by atoms with E-state index in [1.165, 1.54) is 31.6 Å². The van der Waals surface area contributed by atoms with E-state index in [0.29, 0.717) is 5.76 Å². The molecule has 0 bridgehead atoms. The molecule has 142 valence electrons. The number of ether oxygens (including phenoxy) is 1. The molecule has 0 fully saturated rings. The van der Waals surface area contributed by atoms with Gasteiger partial charge < -0.3 is 19.4 Å². The smallest absolute Gasteiger partial charge is 0.204 e. The van der Waals surface area contributed by atoms with Crippen LogP contribution in [-0.2, 0) is 6.42 Å². The lowest BCUT2D eigenvalue weighted by Gasteiger charge is -2.10. The van der Waals surface area contributed by atoms with Crippen LogP contribution in [0, 0.1) is 0 Å². The third-order valence-corrected chi connectivity index (χ3v) is 5.02. The maximum Gasteiger partial charge on any atom is 0.204 e. The van der Waals surface area contributed by atoms with Gasteiger partial charge in [-0.3, -0.25) is 4.79 Å². The van der Waals surface area contributed by atoms with Gasteiger partial charge in [0, 0.05) is 23.0 Å². The van der Waals surface area contributed by atoms with Gasteiger partial charge in [-0.05, 0) is 24.8 Å². The van der Waals surface area contributed by atoms with Gasteiger partial charge in [0.05, 0.1) is 7.11 Å². The quantitative estimate of drug-likeness (QED) is 0.406. The first-order chi connectivity index (χ1) is 13.0. The first kappa shape index (κ1) is 19.3. The Morgan fingerprint density at radius 1 is 1.04 bits per heavy atom. The molecule has 2 aromatic carbocycles. The Morgan fingerprint density at radius 3 is 2.44 bits per heavy atom. The Morgan fingerprint density at radius 2 is 1.78 bits per heavy atom. The Labute approximate surface area is 165 Å². The largest absolute Gasteiger partial charge is 0.507 e. The number of alkyl halides is 1. The molecule has 0 atom stereocenters. The van der Waals surface area contributed by atoms with Crippen LogP contribution in [0.1, 0.15) is 24.8 Å². The van der Waals surface area contributed by atoms with Crippen molar-refractivity contribution in [3.63, 3.8) is 0 Å². The molecular weight excluding hydrogens is 412 g/mol. The van der Waals surface area contributed by atoms with Crippen LogP contribution in [0.2, 0.25) is 0 Å². The number of hydrogen-bond acceptors (Lipinski definition) is 5. The molecule has 3 rings (SSSR count). The molecule has 2 N–H and O–H groups in total. The highest BCUT2D eigenvalue weighted by atomic mass is 79.9. The average Bonchev–Trinajstić information content (AvgIpc) is 2.65. The van der Waals surface area contributed by atoms with Crippen LogP contribution < -0.4 is 10.2 Å². The monoisotopic (exact) mass is 432 g/mol. The second-order valence-corrected chi connectivity index (χ2v) is 7.12. The first-order valence-corrected chi connectivity index (χ1v) is 9.89. The first-order valence-electron chi connectivity index (χ1n) is 8.77. The Hall–Kier alpha value is -2.47. The third-order valence-electron chi connectivity index (χ3n) is 4.46. The van der Waals surface area contributed by atoms with E-state index < -0.39 is 5.43 Å². The zero-order valence-electron chi connectivity index (χ0n) is 15.0. The summed E-state index contributed by atoms with van der Waals surface area (Å²) in [5.74, 6) is -0.268. The molecule has 0 aliphatic rings. The average molecular weight is 433 g/mol. The van der Waals surface area contributed by atoms with E-state index in [1.54, 1.807) is 0 Å². The van der Waals surface area contributed by atoms with Gasteiger partial charge >= 0.3 is 0 Å². The standard InChI is InChI=1S/C21H21BrO5/c1-26-20-17(25)11-15(23)19-16(24)12-18(27-21(19)20)14-8-6-13(7-9-14)5-3-2-4-10-22/h6-9,11-12,23,25H,2-5,10H2,1H3. The fourth-order valence-electron chi connectivity index (χ4n) is 3.06. The van der Waals surface area contributed by atoms with Crippen molar-refractivity contribution >= 4 is 26.9 Å². The topological polar surface area (TPSA) is 79.9 Å². The highest BCUT2D eigenvalue weighted by Gasteiger charge is 2.18. The number of hydrogen-bond donors (Lipinski definition) is 2. The van der Waals surface area contributed by atoms with Crippen LogP contribution in [0.3, 0.4) is 0 Å². The number of benzene rings is 2. The summed E-state index contributed by atoms with van der Waals surface area (Å²) in [5.41, 5.74) is 1.59. The molecule has 5 nitrogen and oxygen atoms in total. The number of unbranched alkanes of at least 4 members (excludes halogenated alkanes) is 2. The lowest BCUT2D eigenvalue weighted by molar-refractivity contribution is 0.367. The number of methoxy groups -OCH3 is 1. The molecule has 0 aliphatic heterocycles. The van der Waals surface area contributed by atoms with Crippen molar-refractivity contribution < 1.29 is 19.4 Å². The Kier molecular flexibility index (Phi) is 6.06. The maximum atomic E-state index is 12.5. The van der Waals surface area contributed by atoms with Crippen molar-refractivity contribution in [2.24, 2.45) is 0 Å². The Bertz CT molecular complexity index is 992. The lowest BCUT2D eigenvalue weighted by Crippen LogP contribution is -2.02. The van der Waals surface area contributed by atoms with E-state index >= 15 is 0 Å². The molecule has 0 saturated heterocycles. The minimum absolute atomic E-state index is 0.0168. The summed E-state index contributed by atoms with van der Waals surface area (Å²) >= 11 is 3.44. The molecule has 1 aromatic heterocycles. The summed E-state index contributed by atoms with van der Waals surface area (Å²) in [5, 5.41) is 21.0. The van der Waals surface area contributed by atoms with Gasteiger partial charge in [-0.25, -0.2) is 0 Å². The number of phenols is 2. The van der Waals surface area contributed by atoms with Gasteiger partial charge in [-0.15, -0.1) is 0 Å². The van der Waals surface area contributed by atoms with Gasteiger partial charge in [-0.2, -0.15) is 0 Å². The van der Waals surface area contributed by atoms with Gasteiger partial charge in [0.25, 0.3) is 0 Å². The summed E-state index contributed by atoms with van der Waals surface area (Å²) in [6.07, 6.45) is 4.48. The lowest BCUT2D eigenvalue weighted by atomic mass is 10.0. The number of halogens is 1. The van der Waals surface area contributed by atoms with E-state index in [4.69, 9.17) is 9.15 Å². The van der Waals surface area contributed by atoms with E-state index in [-0.39, 0.29) is 28.2 Å². The summed E-state index contributed by atoms with van der Waals surface area (Å²) in [6, 6.07) is 10.2. The van der Waals surface area contributed by atoms with E-state index in [2.05, 4.69) is 15.9 Å². The van der Waals surface area contributed by atoms with Crippen LogP contribution in [0.4, 0.5) is 0 Å². The van der Waals surface area contributed by atoms with Crippen molar-refractivity contribution in [3.8, 4) is 28.6 Å². The van der Waals surface area contributed by atoms with Crippen molar-refractivity contribution in [2.45, 2.75) is 25.7 Å². The molecule has 6 heteroatoms. The van der Waals surface area contributed by atoms with Gasteiger partial charge in [0.15, 0.2) is 16.8 Å².